The first-order chi connectivity index (χ1) is 19.2. The second kappa shape index (κ2) is 8.80. The molecule has 6 aromatic carbocycles. The highest BCUT2D eigenvalue weighted by Gasteiger charge is 2.40. The SMILES string of the molecule is Cc1ccc(-c2c3ccccc3c(-c3ccc(C)c4ccccc34)c3ccccc23)c2c1C(C)(C)CCC2(C)C. The molecule has 0 radical (unpaired) electrons. The molecular formula is C40H38. The van der Waals surface area contributed by atoms with Crippen molar-refractivity contribution in [2.75, 3.05) is 0 Å². The van der Waals surface area contributed by atoms with Crippen molar-refractivity contribution in [2.45, 2.75) is 65.2 Å². The molecular weight excluding hydrogens is 480 g/mol. The van der Waals surface area contributed by atoms with Crippen LogP contribution in [0.2, 0.25) is 0 Å². The summed E-state index contributed by atoms with van der Waals surface area (Å²) in [7, 11) is 0. The number of rotatable bonds is 2. The van der Waals surface area contributed by atoms with E-state index in [1.54, 1.807) is 11.1 Å². The summed E-state index contributed by atoms with van der Waals surface area (Å²) >= 11 is 0. The maximum Gasteiger partial charge on any atom is -0.00201 e. The number of fused-ring (bicyclic) bond motifs is 4. The second-order valence-electron chi connectivity index (χ2n) is 13.3. The standard InChI is InChI=1S/C40H38/c1-25-19-21-33(28-14-8-7-13-27(25)28)35-29-15-9-11-17-31(29)36(32-18-12-10-16-30(32)35)34-22-20-26(2)37-38(34)40(5,6)24-23-39(37,3)4/h7-22H,23-24H2,1-6H3. The molecule has 1 aliphatic rings. The first-order valence-electron chi connectivity index (χ1n) is 14.8. The summed E-state index contributed by atoms with van der Waals surface area (Å²) in [4.78, 5) is 0. The molecule has 0 saturated heterocycles. The van der Waals surface area contributed by atoms with E-state index in [1.165, 1.54) is 78.5 Å². The molecule has 40 heavy (non-hydrogen) atoms. The van der Waals surface area contributed by atoms with Crippen LogP contribution in [0.15, 0.2) is 97.1 Å². The lowest BCUT2D eigenvalue weighted by atomic mass is 9.60. The summed E-state index contributed by atoms with van der Waals surface area (Å²) in [5.41, 5.74) is 11.6. The van der Waals surface area contributed by atoms with E-state index in [0.29, 0.717) is 0 Å². The van der Waals surface area contributed by atoms with Gasteiger partial charge >= 0.3 is 0 Å². The van der Waals surface area contributed by atoms with Crippen molar-refractivity contribution in [1.29, 1.82) is 0 Å². The normalized spacial score (nSPS) is 15.9. The summed E-state index contributed by atoms with van der Waals surface area (Å²) in [6.45, 7) is 14.3. The largest absolute Gasteiger partial charge is 0.0616 e. The molecule has 0 spiro atoms. The molecule has 6 aromatic rings. The van der Waals surface area contributed by atoms with Gasteiger partial charge in [-0.15, -0.1) is 0 Å². The van der Waals surface area contributed by atoms with Gasteiger partial charge in [0.15, 0.2) is 0 Å². The molecule has 0 unspecified atom stereocenters. The van der Waals surface area contributed by atoms with Gasteiger partial charge in [0.25, 0.3) is 0 Å². The third-order valence-corrected chi connectivity index (χ3v) is 9.75. The smallest absolute Gasteiger partial charge is 0.00201 e. The average Bonchev–Trinajstić information content (AvgIpc) is 2.95. The van der Waals surface area contributed by atoms with Crippen LogP contribution in [0.1, 0.15) is 62.8 Å². The van der Waals surface area contributed by atoms with Gasteiger partial charge in [-0.3, -0.25) is 0 Å². The van der Waals surface area contributed by atoms with E-state index >= 15 is 0 Å². The average molecular weight is 519 g/mol. The molecule has 1 aliphatic carbocycles. The maximum atomic E-state index is 2.46. The zero-order valence-corrected chi connectivity index (χ0v) is 24.7. The van der Waals surface area contributed by atoms with E-state index in [0.717, 1.165) is 0 Å². The third kappa shape index (κ3) is 3.58. The minimum Gasteiger partial charge on any atom is -0.0616 e. The van der Waals surface area contributed by atoms with Crippen LogP contribution in [-0.4, -0.2) is 0 Å². The molecule has 0 amide bonds. The highest BCUT2D eigenvalue weighted by molar-refractivity contribution is 6.23. The minimum absolute atomic E-state index is 0.111. The van der Waals surface area contributed by atoms with E-state index in [9.17, 15) is 0 Å². The van der Waals surface area contributed by atoms with Crippen LogP contribution in [0.5, 0.6) is 0 Å². The Labute approximate surface area is 238 Å². The zero-order chi connectivity index (χ0) is 27.8. The van der Waals surface area contributed by atoms with Gasteiger partial charge in [-0.05, 0) is 114 Å². The molecule has 0 aliphatic heterocycles. The first-order valence-corrected chi connectivity index (χ1v) is 14.8. The molecule has 0 heterocycles. The number of benzene rings is 6. The molecule has 198 valence electrons. The van der Waals surface area contributed by atoms with Gasteiger partial charge in [0, 0.05) is 0 Å². The maximum absolute atomic E-state index is 2.46. The van der Waals surface area contributed by atoms with Crippen molar-refractivity contribution in [3.8, 4) is 22.3 Å². The third-order valence-electron chi connectivity index (χ3n) is 9.75. The van der Waals surface area contributed by atoms with Gasteiger partial charge in [-0.2, -0.15) is 0 Å². The van der Waals surface area contributed by atoms with E-state index in [1.807, 2.05) is 0 Å². The van der Waals surface area contributed by atoms with Gasteiger partial charge in [-0.1, -0.05) is 125 Å². The zero-order valence-electron chi connectivity index (χ0n) is 24.7. The molecule has 0 atom stereocenters. The Kier molecular flexibility index (Phi) is 5.52. The van der Waals surface area contributed by atoms with Crippen LogP contribution < -0.4 is 0 Å². The lowest BCUT2D eigenvalue weighted by Gasteiger charge is -2.44. The van der Waals surface area contributed by atoms with Gasteiger partial charge in [0.05, 0.1) is 0 Å². The Morgan fingerprint density at radius 1 is 0.400 bits per heavy atom. The van der Waals surface area contributed by atoms with Crippen LogP contribution in [0.25, 0.3) is 54.6 Å². The summed E-state index contributed by atoms with van der Waals surface area (Å²) < 4.78 is 0. The summed E-state index contributed by atoms with van der Waals surface area (Å²) in [6, 6.07) is 36.5. The number of hydrogen-bond acceptors (Lipinski definition) is 0. The predicted octanol–water partition coefficient (Wildman–Crippen LogP) is 11.4. The van der Waals surface area contributed by atoms with Crippen LogP contribution in [-0.2, 0) is 10.8 Å². The molecule has 0 fully saturated rings. The van der Waals surface area contributed by atoms with Crippen molar-refractivity contribution in [2.24, 2.45) is 0 Å². The monoisotopic (exact) mass is 518 g/mol. The van der Waals surface area contributed by atoms with Crippen LogP contribution in [0.3, 0.4) is 0 Å². The van der Waals surface area contributed by atoms with Crippen molar-refractivity contribution >= 4 is 32.3 Å². The van der Waals surface area contributed by atoms with Crippen molar-refractivity contribution in [3.63, 3.8) is 0 Å². The summed E-state index contributed by atoms with van der Waals surface area (Å²) in [6.07, 6.45) is 2.42. The molecule has 0 N–H and O–H groups in total. The molecule has 0 aromatic heterocycles. The highest BCUT2D eigenvalue weighted by atomic mass is 14.4. The topological polar surface area (TPSA) is 0 Å². The Hall–Kier alpha value is -3.90. The quantitative estimate of drug-likeness (QED) is 0.200. The van der Waals surface area contributed by atoms with Gasteiger partial charge in [-0.25, -0.2) is 0 Å². The molecule has 0 nitrogen and oxygen atoms in total. The Bertz CT molecular complexity index is 1910. The van der Waals surface area contributed by atoms with Gasteiger partial charge < -0.3 is 0 Å². The molecule has 0 heteroatoms. The predicted molar refractivity (Wildman–Crippen MR) is 175 cm³/mol. The van der Waals surface area contributed by atoms with Gasteiger partial charge in [0.1, 0.15) is 0 Å². The molecule has 0 bridgehead atoms. The van der Waals surface area contributed by atoms with Crippen molar-refractivity contribution in [1.82, 2.24) is 0 Å². The Morgan fingerprint density at radius 2 is 0.800 bits per heavy atom. The Morgan fingerprint density at radius 3 is 1.35 bits per heavy atom. The van der Waals surface area contributed by atoms with E-state index in [4.69, 9.17) is 0 Å². The fourth-order valence-corrected chi connectivity index (χ4v) is 7.74. The second-order valence-corrected chi connectivity index (χ2v) is 13.3. The number of aryl methyl sites for hydroxylation is 2. The molecule has 0 saturated carbocycles. The first kappa shape index (κ1) is 25.1. The fraction of sp³-hybridized carbons (Fsp3) is 0.250. The van der Waals surface area contributed by atoms with Crippen molar-refractivity contribution in [3.05, 3.63) is 119 Å². The van der Waals surface area contributed by atoms with Gasteiger partial charge in [0.2, 0.25) is 0 Å². The summed E-state index contributed by atoms with van der Waals surface area (Å²) in [5.74, 6) is 0. The fourth-order valence-electron chi connectivity index (χ4n) is 7.74. The van der Waals surface area contributed by atoms with E-state index in [-0.39, 0.29) is 10.8 Å². The Balaban J connectivity index is 1.67. The molecule has 7 rings (SSSR count). The van der Waals surface area contributed by atoms with Crippen LogP contribution in [0.4, 0.5) is 0 Å². The number of hydrogen-bond donors (Lipinski definition) is 0. The van der Waals surface area contributed by atoms with Crippen molar-refractivity contribution < 1.29 is 0 Å². The van der Waals surface area contributed by atoms with Crippen LogP contribution >= 0.6 is 0 Å². The summed E-state index contributed by atoms with van der Waals surface area (Å²) in [5, 5.41) is 7.98. The lowest BCUT2D eigenvalue weighted by molar-refractivity contribution is 0.331. The van der Waals surface area contributed by atoms with E-state index in [2.05, 4.69) is 139 Å². The van der Waals surface area contributed by atoms with E-state index < -0.39 is 0 Å². The van der Waals surface area contributed by atoms with Crippen LogP contribution in [0, 0.1) is 13.8 Å². The lowest BCUT2D eigenvalue weighted by Crippen LogP contribution is -2.35. The highest BCUT2D eigenvalue weighted by Crippen LogP contribution is 2.53. The minimum atomic E-state index is 0.111.